The highest BCUT2D eigenvalue weighted by Crippen LogP contribution is 2.29. The van der Waals surface area contributed by atoms with Gasteiger partial charge in [-0.2, -0.15) is 0 Å². The van der Waals surface area contributed by atoms with Crippen LogP contribution >= 0.6 is 11.8 Å². The number of thioether (sulfide) groups is 1. The van der Waals surface area contributed by atoms with Crippen LogP contribution in [0.4, 0.5) is 0 Å². The normalized spacial score (nSPS) is 10.1. The number of carbonyl (C=O) groups is 1. The fraction of sp³-hybridized carbons (Fsp3) is 0.300. The molecule has 0 unspecified atom stereocenters. The predicted molar refractivity (Wildman–Crippen MR) is 55.8 cm³/mol. The first-order chi connectivity index (χ1) is 6.65. The largest absolute Gasteiger partial charge is 0.508 e. The lowest BCUT2D eigenvalue weighted by molar-refractivity contribution is -0.136. The fourth-order valence-corrected chi connectivity index (χ4v) is 2.01. The maximum atomic E-state index is 10.6. The third-order valence-electron chi connectivity index (χ3n) is 1.74. The van der Waals surface area contributed by atoms with E-state index in [2.05, 4.69) is 0 Å². The van der Waals surface area contributed by atoms with E-state index < -0.39 is 5.97 Å². The van der Waals surface area contributed by atoms with E-state index in [0.717, 1.165) is 10.6 Å². The summed E-state index contributed by atoms with van der Waals surface area (Å²) in [5, 5.41) is 18.2. The maximum absolute atomic E-state index is 10.6. The zero-order valence-electron chi connectivity index (χ0n) is 7.86. The Balaban J connectivity index is 3.02. The average Bonchev–Trinajstić information content (AvgIpc) is 2.11. The van der Waals surface area contributed by atoms with Gasteiger partial charge in [-0.15, -0.1) is 11.8 Å². The first-order valence-corrected chi connectivity index (χ1v) is 5.29. The number of benzene rings is 1. The van der Waals surface area contributed by atoms with Gasteiger partial charge in [0.05, 0.1) is 6.42 Å². The van der Waals surface area contributed by atoms with E-state index in [1.165, 1.54) is 17.8 Å². The van der Waals surface area contributed by atoms with Crippen molar-refractivity contribution in [1.82, 2.24) is 0 Å². The van der Waals surface area contributed by atoms with Gasteiger partial charge < -0.3 is 10.2 Å². The highest BCUT2D eigenvalue weighted by atomic mass is 32.2. The van der Waals surface area contributed by atoms with Gasteiger partial charge in [-0.3, -0.25) is 4.79 Å². The molecular weight excluding hydrogens is 200 g/mol. The van der Waals surface area contributed by atoms with Gasteiger partial charge in [-0.05, 0) is 17.9 Å². The second-order valence-corrected chi connectivity index (χ2v) is 4.06. The molecule has 0 aliphatic heterocycles. The Hall–Kier alpha value is -1.16. The smallest absolute Gasteiger partial charge is 0.308 e. The summed E-state index contributed by atoms with van der Waals surface area (Å²) in [4.78, 5) is 11.4. The van der Waals surface area contributed by atoms with Crippen LogP contribution in [0.3, 0.4) is 0 Å². The van der Waals surface area contributed by atoms with Gasteiger partial charge in [0.1, 0.15) is 5.75 Å². The monoisotopic (exact) mass is 212 g/mol. The van der Waals surface area contributed by atoms with Gasteiger partial charge in [0.25, 0.3) is 0 Å². The van der Waals surface area contributed by atoms with E-state index in [-0.39, 0.29) is 12.2 Å². The van der Waals surface area contributed by atoms with Crippen molar-refractivity contribution in [2.24, 2.45) is 0 Å². The molecule has 0 bridgehead atoms. The van der Waals surface area contributed by atoms with Crippen molar-refractivity contribution in [3.8, 4) is 5.75 Å². The Kier molecular flexibility index (Phi) is 3.83. The Labute approximate surface area is 86.8 Å². The first-order valence-electron chi connectivity index (χ1n) is 4.30. The molecule has 0 aliphatic carbocycles. The molecule has 1 aromatic rings. The van der Waals surface area contributed by atoms with E-state index >= 15 is 0 Å². The number of phenolic OH excluding ortho intramolecular Hbond substituents is 1. The van der Waals surface area contributed by atoms with Crippen LogP contribution in [0.5, 0.6) is 5.75 Å². The molecular formula is C10H12O3S. The van der Waals surface area contributed by atoms with Crippen molar-refractivity contribution in [2.45, 2.75) is 18.2 Å². The summed E-state index contributed by atoms with van der Waals surface area (Å²) in [6.07, 6.45) is -0.130. The molecule has 0 saturated heterocycles. The molecule has 2 N–H and O–H groups in total. The van der Waals surface area contributed by atoms with Crippen molar-refractivity contribution in [1.29, 1.82) is 0 Å². The van der Waals surface area contributed by atoms with Crippen LogP contribution in [0.2, 0.25) is 0 Å². The van der Waals surface area contributed by atoms with E-state index in [4.69, 9.17) is 5.11 Å². The number of rotatable bonds is 4. The summed E-state index contributed by atoms with van der Waals surface area (Å²) < 4.78 is 0. The number of hydrogen-bond acceptors (Lipinski definition) is 3. The molecule has 0 radical (unpaired) electrons. The van der Waals surface area contributed by atoms with Crippen molar-refractivity contribution in [2.75, 3.05) is 5.75 Å². The van der Waals surface area contributed by atoms with Gasteiger partial charge >= 0.3 is 5.97 Å². The summed E-state index contributed by atoms with van der Waals surface area (Å²) in [5.74, 6) is -0.00825. The number of carboxylic acids is 1. The lowest BCUT2D eigenvalue weighted by atomic mass is 10.1. The average molecular weight is 212 g/mol. The molecule has 14 heavy (non-hydrogen) atoms. The van der Waals surface area contributed by atoms with Crippen molar-refractivity contribution in [3.63, 3.8) is 0 Å². The van der Waals surface area contributed by atoms with E-state index in [9.17, 15) is 9.90 Å². The van der Waals surface area contributed by atoms with E-state index in [0.29, 0.717) is 5.56 Å². The second-order valence-electron chi connectivity index (χ2n) is 2.76. The Morgan fingerprint density at radius 2 is 2.21 bits per heavy atom. The third kappa shape index (κ3) is 2.67. The SMILES string of the molecule is CCSc1cccc(O)c1CC(=O)O. The lowest BCUT2D eigenvalue weighted by Gasteiger charge is -2.07. The molecule has 0 atom stereocenters. The summed E-state index contributed by atoms with van der Waals surface area (Å²) in [5.41, 5.74) is 0.506. The van der Waals surface area contributed by atoms with Crippen molar-refractivity contribution in [3.05, 3.63) is 23.8 Å². The molecule has 76 valence electrons. The molecule has 3 nitrogen and oxygen atoms in total. The van der Waals surface area contributed by atoms with Crippen molar-refractivity contribution >= 4 is 17.7 Å². The molecule has 1 aromatic carbocycles. The minimum absolute atomic E-state index is 0.0610. The molecule has 0 saturated carbocycles. The molecule has 0 aromatic heterocycles. The molecule has 0 spiro atoms. The summed E-state index contributed by atoms with van der Waals surface area (Å²) >= 11 is 1.53. The van der Waals surface area contributed by atoms with Crippen LogP contribution in [0.1, 0.15) is 12.5 Å². The van der Waals surface area contributed by atoms with Gasteiger partial charge in [-0.25, -0.2) is 0 Å². The van der Waals surface area contributed by atoms with Gasteiger partial charge in [-0.1, -0.05) is 13.0 Å². The first kappa shape index (κ1) is 10.9. The van der Waals surface area contributed by atoms with Crippen molar-refractivity contribution < 1.29 is 15.0 Å². The lowest BCUT2D eigenvalue weighted by Crippen LogP contribution is -2.01. The highest BCUT2D eigenvalue weighted by Gasteiger charge is 2.10. The molecule has 0 heterocycles. The Morgan fingerprint density at radius 1 is 1.50 bits per heavy atom. The zero-order chi connectivity index (χ0) is 10.6. The third-order valence-corrected chi connectivity index (χ3v) is 2.72. The van der Waals surface area contributed by atoms with Crippen LogP contribution in [-0.2, 0) is 11.2 Å². The zero-order valence-corrected chi connectivity index (χ0v) is 8.67. The summed E-state index contributed by atoms with van der Waals surface area (Å²) in [6.45, 7) is 1.99. The van der Waals surface area contributed by atoms with Gasteiger partial charge in [0.2, 0.25) is 0 Å². The van der Waals surface area contributed by atoms with Crippen LogP contribution in [0.15, 0.2) is 23.1 Å². The minimum atomic E-state index is -0.926. The molecule has 0 aliphatic rings. The number of aromatic hydroxyl groups is 1. The van der Waals surface area contributed by atoms with Crippen LogP contribution in [0.25, 0.3) is 0 Å². The highest BCUT2D eigenvalue weighted by molar-refractivity contribution is 7.99. The summed E-state index contributed by atoms with van der Waals surface area (Å²) in [6, 6.07) is 5.06. The molecule has 0 fully saturated rings. The Morgan fingerprint density at radius 3 is 2.79 bits per heavy atom. The van der Waals surface area contributed by atoms with E-state index in [1.54, 1.807) is 6.07 Å². The van der Waals surface area contributed by atoms with E-state index in [1.807, 2.05) is 13.0 Å². The number of phenols is 1. The molecule has 4 heteroatoms. The standard InChI is InChI=1S/C10H12O3S/c1-2-14-9-5-3-4-8(11)7(9)6-10(12)13/h3-5,11H,2,6H2,1H3,(H,12,13). The second kappa shape index (κ2) is 4.91. The summed E-state index contributed by atoms with van der Waals surface area (Å²) in [7, 11) is 0. The van der Waals surface area contributed by atoms with Crippen LogP contribution in [-0.4, -0.2) is 21.9 Å². The number of aliphatic carboxylic acids is 1. The topological polar surface area (TPSA) is 57.5 Å². The minimum Gasteiger partial charge on any atom is -0.508 e. The van der Waals surface area contributed by atoms with Gasteiger partial charge in [0, 0.05) is 10.5 Å². The molecule has 0 amide bonds. The number of carboxylic acid groups (broad SMARTS) is 1. The molecule has 1 rings (SSSR count). The predicted octanol–water partition coefficient (Wildman–Crippen LogP) is 2.13. The van der Waals surface area contributed by atoms with Crippen LogP contribution < -0.4 is 0 Å². The van der Waals surface area contributed by atoms with Crippen LogP contribution in [0, 0.1) is 0 Å². The number of hydrogen-bond donors (Lipinski definition) is 2. The van der Waals surface area contributed by atoms with Gasteiger partial charge in [0.15, 0.2) is 0 Å². The Bertz CT molecular complexity index is 336. The quantitative estimate of drug-likeness (QED) is 0.751. The fourth-order valence-electron chi connectivity index (χ4n) is 1.17. The maximum Gasteiger partial charge on any atom is 0.308 e.